The first kappa shape index (κ1) is 15.3. The Morgan fingerprint density at radius 2 is 1.76 bits per heavy atom. The predicted molar refractivity (Wildman–Crippen MR) is 88.7 cm³/mol. The Labute approximate surface area is 126 Å². The number of benzene rings is 1. The number of hydrogen-bond donors (Lipinski definition) is 2. The van der Waals surface area contributed by atoms with E-state index in [9.17, 15) is 0 Å². The van der Waals surface area contributed by atoms with Crippen molar-refractivity contribution in [2.24, 2.45) is 0 Å². The van der Waals surface area contributed by atoms with Crippen LogP contribution in [-0.4, -0.2) is 48.6 Å². The van der Waals surface area contributed by atoms with Crippen LogP contribution in [0.1, 0.15) is 6.92 Å². The van der Waals surface area contributed by atoms with Gasteiger partial charge in [-0.25, -0.2) is 9.97 Å². The first-order valence-corrected chi connectivity index (χ1v) is 7.12. The third-order valence-electron chi connectivity index (χ3n) is 3.05. The molecular weight excluding hydrogens is 262 g/mol. The quantitative estimate of drug-likeness (QED) is 0.854. The van der Waals surface area contributed by atoms with Gasteiger partial charge in [0.1, 0.15) is 11.6 Å². The summed E-state index contributed by atoms with van der Waals surface area (Å²) in [5.41, 5.74) is 1.01. The van der Waals surface area contributed by atoms with Crippen molar-refractivity contribution < 1.29 is 0 Å². The molecule has 0 amide bonds. The van der Waals surface area contributed by atoms with Gasteiger partial charge in [0.2, 0.25) is 0 Å². The average molecular weight is 285 g/mol. The average Bonchev–Trinajstić information content (AvgIpc) is 2.46. The standard InChI is InChI=1S/C16H23N5/c1-12(11-21(3)4)18-15-10-14(17-2)19-16(20-15)13-8-6-5-7-9-13/h5-10,12H,11H2,1-4H3,(H2,17,18,19,20). The normalized spacial score (nSPS) is 12.2. The molecule has 21 heavy (non-hydrogen) atoms. The summed E-state index contributed by atoms with van der Waals surface area (Å²) in [6.07, 6.45) is 0. The van der Waals surface area contributed by atoms with Crippen molar-refractivity contribution in [3.8, 4) is 11.4 Å². The summed E-state index contributed by atoms with van der Waals surface area (Å²) in [6.45, 7) is 3.09. The van der Waals surface area contributed by atoms with Gasteiger partial charge in [-0.3, -0.25) is 0 Å². The van der Waals surface area contributed by atoms with Crippen LogP contribution in [0.15, 0.2) is 36.4 Å². The SMILES string of the molecule is CNc1cc(NC(C)CN(C)C)nc(-c2ccccc2)n1. The maximum atomic E-state index is 4.62. The van der Waals surface area contributed by atoms with Gasteiger partial charge in [-0.15, -0.1) is 0 Å². The number of likely N-dealkylation sites (N-methyl/N-ethyl adjacent to an activating group) is 1. The molecule has 2 aromatic rings. The zero-order chi connectivity index (χ0) is 15.2. The van der Waals surface area contributed by atoms with Crippen LogP contribution >= 0.6 is 0 Å². The van der Waals surface area contributed by atoms with Crippen LogP contribution in [0.4, 0.5) is 11.6 Å². The first-order valence-electron chi connectivity index (χ1n) is 7.12. The minimum absolute atomic E-state index is 0.309. The lowest BCUT2D eigenvalue weighted by molar-refractivity contribution is 0.392. The second kappa shape index (κ2) is 7.04. The Kier molecular flexibility index (Phi) is 5.11. The maximum absolute atomic E-state index is 4.62. The van der Waals surface area contributed by atoms with Gasteiger partial charge in [-0.2, -0.15) is 0 Å². The van der Waals surface area contributed by atoms with Crippen molar-refractivity contribution >= 4 is 11.6 Å². The van der Waals surface area contributed by atoms with E-state index in [1.165, 1.54) is 0 Å². The largest absolute Gasteiger partial charge is 0.373 e. The van der Waals surface area contributed by atoms with E-state index >= 15 is 0 Å². The molecule has 112 valence electrons. The molecule has 0 saturated heterocycles. The van der Waals surface area contributed by atoms with Gasteiger partial charge in [0.25, 0.3) is 0 Å². The van der Waals surface area contributed by atoms with Crippen molar-refractivity contribution in [2.45, 2.75) is 13.0 Å². The van der Waals surface area contributed by atoms with Gasteiger partial charge in [0.05, 0.1) is 0 Å². The smallest absolute Gasteiger partial charge is 0.163 e. The molecule has 1 aromatic heterocycles. The fourth-order valence-electron chi connectivity index (χ4n) is 2.21. The second-order valence-corrected chi connectivity index (χ2v) is 5.39. The van der Waals surface area contributed by atoms with Gasteiger partial charge in [0, 0.05) is 31.3 Å². The first-order chi connectivity index (χ1) is 10.1. The summed E-state index contributed by atoms with van der Waals surface area (Å²) in [5.74, 6) is 2.37. The lowest BCUT2D eigenvalue weighted by Crippen LogP contribution is -2.30. The summed E-state index contributed by atoms with van der Waals surface area (Å²) in [6, 6.07) is 12.2. The Balaban J connectivity index is 2.26. The third-order valence-corrected chi connectivity index (χ3v) is 3.05. The molecule has 0 saturated carbocycles. The molecule has 0 aliphatic carbocycles. The van der Waals surface area contributed by atoms with Gasteiger partial charge < -0.3 is 15.5 Å². The fourth-order valence-corrected chi connectivity index (χ4v) is 2.21. The summed E-state index contributed by atoms with van der Waals surface area (Å²) in [5, 5.41) is 6.52. The van der Waals surface area contributed by atoms with Crippen molar-refractivity contribution in [1.29, 1.82) is 0 Å². The minimum Gasteiger partial charge on any atom is -0.373 e. The van der Waals surface area contributed by atoms with E-state index in [0.717, 1.165) is 29.6 Å². The predicted octanol–water partition coefficient (Wildman–Crippen LogP) is 2.55. The highest BCUT2D eigenvalue weighted by molar-refractivity contribution is 5.61. The van der Waals surface area contributed by atoms with Crippen LogP contribution in [-0.2, 0) is 0 Å². The highest BCUT2D eigenvalue weighted by Crippen LogP contribution is 2.20. The topological polar surface area (TPSA) is 53.1 Å². The molecule has 5 nitrogen and oxygen atoms in total. The number of nitrogens with one attached hydrogen (secondary N) is 2. The van der Waals surface area contributed by atoms with Crippen LogP contribution in [0.25, 0.3) is 11.4 Å². The van der Waals surface area contributed by atoms with E-state index in [1.807, 2.05) is 43.4 Å². The van der Waals surface area contributed by atoms with Crippen LogP contribution in [0, 0.1) is 0 Å². The monoisotopic (exact) mass is 285 g/mol. The summed E-state index contributed by atoms with van der Waals surface area (Å²) >= 11 is 0. The highest BCUT2D eigenvalue weighted by atomic mass is 15.1. The van der Waals surface area contributed by atoms with Crippen LogP contribution in [0.5, 0.6) is 0 Å². The fraction of sp³-hybridized carbons (Fsp3) is 0.375. The van der Waals surface area contributed by atoms with Gasteiger partial charge >= 0.3 is 0 Å². The van der Waals surface area contributed by atoms with E-state index in [-0.39, 0.29) is 0 Å². The Hall–Kier alpha value is -2.14. The van der Waals surface area contributed by atoms with Crippen LogP contribution < -0.4 is 10.6 Å². The van der Waals surface area contributed by atoms with Gasteiger partial charge in [-0.1, -0.05) is 30.3 Å². The maximum Gasteiger partial charge on any atom is 0.163 e. The van der Waals surface area contributed by atoms with Crippen LogP contribution in [0.3, 0.4) is 0 Å². The van der Waals surface area contributed by atoms with Crippen molar-refractivity contribution in [3.63, 3.8) is 0 Å². The van der Waals surface area contributed by atoms with Gasteiger partial charge in [-0.05, 0) is 21.0 Å². The summed E-state index contributed by atoms with van der Waals surface area (Å²) in [4.78, 5) is 11.3. The Morgan fingerprint density at radius 3 is 2.38 bits per heavy atom. The number of nitrogens with zero attached hydrogens (tertiary/aromatic N) is 3. The zero-order valence-electron chi connectivity index (χ0n) is 13.1. The molecule has 0 spiro atoms. The molecule has 0 fully saturated rings. The molecule has 1 aromatic carbocycles. The number of hydrogen-bond acceptors (Lipinski definition) is 5. The lowest BCUT2D eigenvalue weighted by Gasteiger charge is -2.19. The molecule has 0 radical (unpaired) electrons. The Morgan fingerprint density at radius 1 is 1.10 bits per heavy atom. The molecule has 1 heterocycles. The molecule has 5 heteroatoms. The summed E-state index contributed by atoms with van der Waals surface area (Å²) < 4.78 is 0. The number of anilines is 2. The molecular formula is C16H23N5. The number of rotatable bonds is 6. The third kappa shape index (κ3) is 4.43. The van der Waals surface area contributed by atoms with E-state index in [2.05, 4.69) is 46.5 Å². The molecule has 0 aliphatic rings. The van der Waals surface area contributed by atoms with E-state index in [4.69, 9.17) is 0 Å². The van der Waals surface area contributed by atoms with E-state index in [0.29, 0.717) is 6.04 Å². The number of aromatic nitrogens is 2. The van der Waals surface area contributed by atoms with Gasteiger partial charge in [0.15, 0.2) is 5.82 Å². The van der Waals surface area contributed by atoms with E-state index in [1.54, 1.807) is 0 Å². The molecule has 1 atom stereocenters. The Bertz CT molecular complexity index is 568. The summed E-state index contributed by atoms with van der Waals surface area (Å²) in [7, 11) is 5.99. The molecule has 0 bridgehead atoms. The zero-order valence-corrected chi connectivity index (χ0v) is 13.1. The molecule has 0 aliphatic heterocycles. The van der Waals surface area contributed by atoms with Crippen molar-refractivity contribution in [2.75, 3.05) is 38.3 Å². The minimum atomic E-state index is 0.309. The molecule has 2 rings (SSSR count). The molecule has 2 N–H and O–H groups in total. The van der Waals surface area contributed by atoms with Crippen LogP contribution in [0.2, 0.25) is 0 Å². The lowest BCUT2D eigenvalue weighted by atomic mass is 10.2. The van der Waals surface area contributed by atoms with Crippen molar-refractivity contribution in [1.82, 2.24) is 14.9 Å². The highest BCUT2D eigenvalue weighted by Gasteiger charge is 2.09. The van der Waals surface area contributed by atoms with Crippen molar-refractivity contribution in [3.05, 3.63) is 36.4 Å². The second-order valence-electron chi connectivity index (χ2n) is 5.39. The van der Waals surface area contributed by atoms with E-state index < -0.39 is 0 Å². The molecule has 1 unspecified atom stereocenters.